The Morgan fingerprint density at radius 2 is 1.48 bits per heavy atom. The SMILES string of the molecule is COc1ccc(C(=O)Oc2ccc(C=NNC(=O)c3ccc([N+](=O)[O-])cc3)cc2)cc1. The van der Waals surface area contributed by atoms with Crippen LogP contribution in [0, 0.1) is 10.1 Å². The molecule has 3 aromatic carbocycles. The molecule has 31 heavy (non-hydrogen) atoms. The van der Waals surface area contributed by atoms with Gasteiger partial charge in [0.2, 0.25) is 0 Å². The van der Waals surface area contributed by atoms with Crippen LogP contribution in [0.3, 0.4) is 0 Å². The molecule has 1 amide bonds. The standard InChI is InChI=1S/C22H17N3O6/c1-30-19-12-6-17(7-13-19)22(27)31-20-10-2-15(3-11-20)14-23-24-21(26)16-4-8-18(9-5-16)25(28)29/h2-14H,1H3,(H,24,26). The maximum absolute atomic E-state index is 12.2. The Labute approximate surface area is 177 Å². The highest BCUT2D eigenvalue weighted by Gasteiger charge is 2.10. The summed E-state index contributed by atoms with van der Waals surface area (Å²) in [5.41, 5.74) is 3.52. The monoisotopic (exact) mass is 419 g/mol. The molecule has 156 valence electrons. The molecule has 0 saturated carbocycles. The molecule has 0 aliphatic rings. The highest BCUT2D eigenvalue weighted by atomic mass is 16.6. The molecule has 0 aliphatic carbocycles. The van der Waals surface area contributed by atoms with Crippen LogP contribution in [0.1, 0.15) is 26.3 Å². The average molecular weight is 419 g/mol. The molecule has 0 fully saturated rings. The van der Waals surface area contributed by atoms with E-state index in [0.29, 0.717) is 22.6 Å². The summed E-state index contributed by atoms with van der Waals surface area (Å²) in [4.78, 5) is 34.3. The summed E-state index contributed by atoms with van der Waals surface area (Å²) in [6, 6.07) is 18.2. The molecule has 0 atom stereocenters. The summed E-state index contributed by atoms with van der Waals surface area (Å²) in [5.74, 6) is -0.00985. The Kier molecular flexibility index (Phi) is 6.69. The van der Waals surface area contributed by atoms with Gasteiger partial charge < -0.3 is 9.47 Å². The van der Waals surface area contributed by atoms with E-state index >= 15 is 0 Å². The van der Waals surface area contributed by atoms with Crippen LogP contribution < -0.4 is 14.9 Å². The van der Waals surface area contributed by atoms with E-state index < -0.39 is 16.8 Å². The van der Waals surface area contributed by atoms with Gasteiger partial charge in [0.15, 0.2) is 0 Å². The number of non-ortho nitro benzene ring substituents is 1. The van der Waals surface area contributed by atoms with Gasteiger partial charge in [-0.1, -0.05) is 0 Å². The summed E-state index contributed by atoms with van der Waals surface area (Å²) < 4.78 is 10.4. The van der Waals surface area contributed by atoms with Crippen molar-refractivity contribution in [3.63, 3.8) is 0 Å². The van der Waals surface area contributed by atoms with Crippen LogP contribution in [0.25, 0.3) is 0 Å². The summed E-state index contributed by atoms with van der Waals surface area (Å²) in [6.45, 7) is 0. The van der Waals surface area contributed by atoms with E-state index in [1.165, 1.54) is 30.5 Å². The van der Waals surface area contributed by atoms with Crippen LogP contribution in [0.15, 0.2) is 77.9 Å². The van der Waals surface area contributed by atoms with Crippen LogP contribution in [0.5, 0.6) is 11.5 Å². The van der Waals surface area contributed by atoms with Crippen LogP contribution in [-0.4, -0.2) is 30.1 Å². The Morgan fingerprint density at radius 3 is 2.06 bits per heavy atom. The van der Waals surface area contributed by atoms with Gasteiger partial charge in [-0.25, -0.2) is 10.2 Å². The van der Waals surface area contributed by atoms with Gasteiger partial charge in [-0.15, -0.1) is 0 Å². The van der Waals surface area contributed by atoms with Crippen LogP contribution in [0.4, 0.5) is 5.69 Å². The van der Waals surface area contributed by atoms with Crippen LogP contribution in [-0.2, 0) is 0 Å². The molecule has 0 radical (unpaired) electrons. The van der Waals surface area contributed by atoms with Crippen LogP contribution in [0.2, 0.25) is 0 Å². The van der Waals surface area contributed by atoms with Gasteiger partial charge in [-0.2, -0.15) is 5.10 Å². The van der Waals surface area contributed by atoms with E-state index in [2.05, 4.69) is 10.5 Å². The van der Waals surface area contributed by atoms with Crippen molar-refractivity contribution in [1.29, 1.82) is 0 Å². The van der Waals surface area contributed by atoms with Crippen molar-refractivity contribution >= 4 is 23.8 Å². The number of nitrogens with zero attached hydrogens (tertiary/aromatic N) is 2. The number of benzene rings is 3. The van der Waals surface area contributed by atoms with Crippen molar-refractivity contribution < 1.29 is 24.0 Å². The number of methoxy groups -OCH3 is 1. The van der Waals surface area contributed by atoms with Crippen LogP contribution >= 0.6 is 0 Å². The molecule has 0 aliphatic heterocycles. The van der Waals surface area contributed by atoms with Crippen molar-refractivity contribution in [3.8, 4) is 11.5 Å². The van der Waals surface area contributed by atoms with Gasteiger partial charge in [0, 0.05) is 17.7 Å². The van der Waals surface area contributed by atoms with Crippen molar-refractivity contribution in [2.24, 2.45) is 5.10 Å². The molecule has 0 spiro atoms. The van der Waals surface area contributed by atoms with Gasteiger partial charge in [0.05, 0.1) is 23.8 Å². The lowest BCUT2D eigenvalue weighted by Crippen LogP contribution is -2.17. The molecule has 0 saturated heterocycles. The largest absolute Gasteiger partial charge is 0.497 e. The lowest BCUT2D eigenvalue weighted by molar-refractivity contribution is -0.384. The smallest absolute Gasteiger partial charge is 0.343 e. The molecular formula is C22H17N3O6. The zero-order valence-electron chi connectivity index (χ0n) is 16.3. The Balaban J connectivity index is 1.54. The molecule has 0 unspecified atom stereocenters. The quantitative estimate of drug-likeness (QED) is 0.205. The van der Waals surface area contributed by atoms with Gasteiger partial charge in [0.25, 0.3) is 11.6 Å². The Hall–Kier alpha value is -4.53. The summed E-state index contributed by atoms with van der Waals surface area (Å²) in [5, 5.41) is 14.5. The number of carbonyl (C=O) groups is 2. The zero-order valence-corrected chi connectivity index (χ0v) is 16.3. The minimum absolute atomic E-state index is 0.104. The highest BCUT2D eigenvalue weighted by molar-refractivity contribution is 5.95. The van der Waals surface area contributed by atoms with E-state index in [1.54, 1.807) is 55.6 Å². The first-order valence-electron chi connectivity index (χ1n) is 9.00. The topological polar surface area (TPSA) is 120 Å². The molecule has 9 heteroatoms. The lowest BCUT2D eigenvalue weighted by Gasteiger charge is -2.05. The van der Waals surface area contributed by atoms with E-state index in [1.807, 2.05) is 0 Å². The molecule has 1 N–H and O–H groups in total. The molecule has 9 nitrogen and oxygen atoms in total. The normalized spacial score (nSPS) is 10.5. The third-order valence-corrected chi connectivity index (χ3v) is 4.14. The average Bonchev–Trinajstić information content (AvgIpc) is 2.80. The second-order valence-corrected chi connectivity index (χ2v) is 6.19. The van der Waals surface area contributed by atoms with E-state index in [0.717, 1.165) is 0 Å². The predicted octanol–water partition coefficient (Wildman–Crippen LogP) is 3.59. The number of hydrogen-bond acceptors (Lipinski definition) is 7. The minimum Gasteiger partial charge on any atom is -0.497 e. The fourth-order valence-corrected chi connectivity index (χ4v) is 2.48. The molecule has 0 bridgehead atoms. The highest BCUT2D eigenvalue weighted by Crippen LogP contribution is 2.16. The van der Waals surface area contributed by atoms with E-state index in [9.17, 15) is 19.7 Å². The lowest BCUT2D eigenvalue weighted by atomic mass is 10.2. The van der Waals surface area contributed by atoms with Gasteiger partial charge >= 0.3 is 5.97 Å². The first kappa shape index (κ1) is 21.2. The first-order valence-corrected chi connectivity index (χ1v) is 9.00. The molecule has 3 aromatic rings. The first-order chi connectivity index (χ1) is 15.0. The maximum Gasteiger partial charge on any atom is 0.343 e. The maximum atomic E-state index is 12.2. The number of rotatable bonds is 7. The second kappa shape index (κ2) is 9.79. The fraction of sp³-hybridized carbons (Fsp3) is 0.0455. The van der Waals surface area contributed by atoms with Crippen molar-refractivity contribution in [3.05, 3.63) is 99.6 Å². The van der Waals surface area contributed by atoms with E-state index in [4.69, 9.17) is 9.47 Å². The number of nitrogens with one attached hydrogen (secondary N) is 1. The third kappa shape index (κ3) is 5.73. The van der Waals surface area contributed by atoms with Crippen molar-refractivity contribution in [1.82, 2.24) is 5.43 Å². The minimum atomic E-state index is -0.544. The summed E-state index contributed by atoms with van der Waals surface area (Å²) in [6.07, 6.45) is 1.42. The number of amides is 1. The van der Waals surface area contributed by atoms with Crippen molar-refractivity contribution in [2.75, 3.05) is 7.11 Å². The number of ether oxygens (including phenoxy) is 2. The Morgan fingerprint density at radius 1 is 0.903 bits per heavy atom. The summed E-state index contributed by atoms with van der Waals surface area (Å²) in [7, 11) is 1.54. The number of nitro benzene ring substituents is 1. The number of nitro groups is 1. The van der Waals surface area contributed by atoms with Gasteiger partial charge in [-0.05, 0) is 66.2 Å². The Bertz CT molecular complexity index is 1110. The number of hydrogen-bond donors (Lipinski definition) is 1. The molecular weight excluding hydrogens is 402 g/mol. The summed E-state index contributed by atoms with van der Waals surface area (Å²) >= 11 is 0. The molecule has 0 aromatic heterocycles. The number of esters is 1. The van der Waals surface area contributed by atoms with Gasteiger partial charge in [-0.3, -0.25) is 14.9 Å². The second-order valence-electron chi connectivity index (χ2n) is 6.19. The predicted molar refractivity (Wildman–Crippen MR) is 113 cm³/mol. The molecule has 3 rings (SSSR count). The zero-order chi connectivity index (χ0) is 22.2. The van der Waals surface area contributed by atoms with Crippen molar-refractivity contribution in [2.45, 2.75) is 0 Å². The third-order valence-electron chi connectivity index (χ3n) is 4.14. The van der Waals surface area contributed by atoms with Gasteiger partial charge in [0.1, 0.15) is 11.5 Å². The number of carbonyl (C=O) groups excluding carboxylic acids is 2. The number of hydrazone groups is 1. The fourth-order valence-electron chi connectivity index (χ4n) is 2.48. The van der Waals surface area contributed by atoms with E-state index in [-0.39, 0.29) is 11.3 Å². The molecule has 0 heterocycles.